The summed E-state index contributed by atoms with van der Waals surface area (Å²) in [5.41, 5.74) is 5.40. The number of carbonyl (C=O) groups is 2. The Morgan fingerprint density at radius 3 is 0.846 bits per heavy atom. The second-order valence-corrected chi connectivity index (χ2v) is 24.4. The summed E-state index contributed by atoms with van der Waals surface area (Å²) >= 11 is 0. The van der Waals surface area contributed by atoms with Gasteiger partial charge in [-0.3, -0.25) is 18.6 Å². The zero-order chi connectivity index (χ0) is 65.8. The number of phosphoric ester groups is 1. The lowest BCUT2D eigenvalue weighted by molar-refractivity contribution is -0.161. The van der Waals surface area contributed by atoms with Crippen LogP contribution in [0.2, 0.25) is 0 Å². The van der Waals surface area contributed by atoms with E-state index in [0.717, 1.165) is 161 Å². The molecule has 0 aromatic heterocycles. The van der Waals surface area contributed by atoms with Gasteiger partial charge in [-0.25, -0.2) is 4.57 Å². The van der Waals surface area contributed by atoms with Crippen LogP contribution in [0.25, 0.3) is 0 Å². The maximum absolute atomic E-state index is 12.8. The first-order chi connectivity index (χ1) is 44.8. The topological polar surface area (TPSA) is 134 Å². The number of allylic oxidation sites excluding steroid dienone is 32. The van der Waals surface area contributed by atoms with Gasteiger partial charge in [0.05, 0.1) is 13.2 Å². The number of carbonyl (C=O) groups excluding carboxylic acids is 2. The highest BCUT2D eigenvalue weighted by molar-refractivity contribution is 7.47. The van der Waals surface area contributed by atoms with E-state index in [4.69, 9.17) is 24.3 Å². The molecule has 3 N–H and O–H groups in total. The average Bonchev–Trinajstić information content (AvgIpc) is 3.68. The molecule has 0 amide bonds. The number of ether oxygens (including phenoxy) is 2. The van der Waals surface area contributed by atoms with Crippen LogP contribution in [0.4, 0.5) is 0 Å². The van der Waals surface area contributed by atoms with Crippen molar-refractivity contribution >= 4 is 19.8 Å². The molecular formula is C81H130NO8P. The molecule has 0 heterocycles. The summed E-state index contributed by atoms with van der Waals surface area (Å²) in [6.45, 7) is 3.49. The molecule has 0 radical (unpaired) electrons. The number of phosphoric acid groups is 1. The van der Waals surface area contributed by atoms with Crippen LogP contribution in [0.1, 0.15) is 271 Å². The SMILES string of the molecule is CC/C=C\C/C=C\C/C=C\C/C=C\C/C=C\C/C=C\C/C=C\C/C=C\C/C=C\CCCCCCCCCC(=O)OC(COC(=O)CCCCCCCCCCCCCCC/C=C\C/C=C\C/C=C\C/C=C\C/C=C\C/C=C\C/C=C\CC)COP(=O)(O)OCCN. The Hall–Kier alpha value is -5.15. The lowest BCUT2D eigenvalue weighted by Gasteiger charge is -2.19. The zero-order valence-electron chi connectivity index (χ0n) is 57.5. The summed E-state index contributed by atoms with van der Waals surface area (Å²) in [6.07, 6.45) is 112. The summed E-state index contributed by atoms with van der Waals surface area (Å²) in [4.78, 5) is 35.4. The Kier molecular flexibility index (Phi) is 69.7. The average molecular weight is 1280 g/mol. The highest BCUT2D eigenvalue weighted by Crippen LogP contribution is 2.43. The van der Waals surface area contributed by atoms with Crippen molar-refractivity contribution in [1.82, 2.24) is 0 Å². The van der Waals surface area contributed by atoms with Crippen molar-refractivity contribution in [3.8, 4) is 0 Å². The largest absolute Gasteiger partial charge is 0.472 e. The van der Waals surface area contributed by atoms with Crippen LogP contribution in [0, 0.1) is 0 Å². The van der Waals surface area contributed by atoms with Crippen LogP contribution in [-0.2, 0) is 32.7 Å². The second kappa shape index (κ2) is 73.9. The van der Waals surface area contributed by atoms with Crippen LogP contribution in [0.5, 0.6) is 0 Å². The predicted octanol–water partition coefficient (Wildman–Crippen LogP) is 24.1. The molecule has 0 aliphatic heterocycles. The van der Waals surface area contributed by atoms with Crippen molar-refractivity contribution in [2.45, 2.75) is 277 Å². The van der Waals surface area contributed by atoms with Gasteiger partial charge < -0.3 is 20.1 Å². The molecule has 91 heavy (non-hydrogen) atoms. The molecule has 0 aliphatic carbocycles. The molecule has 9 nitrogen and oxygen atoms in total. The molecular weight excluding hydrogens is 1150 g/mol. The lowest BCUT2D eigenvalue weighted by atomic mass is 10.0. The molecule has 0 bridgehead atoms. The minimum Gasteiger partial charge on any atom is -0.462 e. The van der Waals surface area contributed by atoms with Gasteiger partial charge in [0.25, 0.3) is 0 Å². The van der Waals surface area contributed by atoms with E-state index in [0.29, 0.717) is 6.42 Å². The summed E-state index contributed by atoms with van der Waals surface area (Å²) in [5, 5.41) is 0. The van der Waals surface area contributed by atoms with Crippen LogP contribution in [0.15, 0.2) is 194 Å². The van der Waals surface area contributed by atoms with E-state index in [2.05, 4.69) is 208 Å². The standard InChI is InChI=1S/C81H130NO8P/c1-3-5-7-9-11-13-15-17-19-21-23-25-27-29-31-33-35-37-39-41-43-45-47-49-51-53-55-57-59-61-63-65-67-69-71-73-80(83)87-77-79(78-89-91(85,86)88-76-75-82)90-81(84)74-72-70-68-66-64-62-60-58-56-54-52-50-48-46-44-42-40-38-36-34-32-30-28-26-24-22-20-18-16-14-12-10-8-6-4-2/h5-8,11-14,17-20,23-26,29-32,35-38,41-44,48,50,54,56,79H,3-4,9-10,15-16,21-22,27-28,33-34,39-40,45-47,49,51-53,55,57-78,82H2,1-2H3,(H,85,86)/b7-5-,8-6-,13-11-,14-12-,19-17-,20-18-,25-23-,26-24-,31-29-,32-30-,37-35-,38-36-,43-41-,44-42-,50-48-,56-54-. The summed E-state index contributed by atoms with van der Waals surface area (Å²) < 4.78 is 33.2. The van der Waals surface area contributed by atoms with Gasteiger partial charge in [-0.05, 0) is 141 Å². The number of nitrogens with two attached hydrogens (primary N) is 1. The fourth-order valence-electron chi connectivity index (χ4n) is 9.26. The molecule has 0 fully saturated rings. The minimum absolute atomic E-state index is 0.0418. The van der Waals surface area contributed by atoms with E-state index >= 15 is 0 Å². The van der Waals surface area contributed by atoms with Gasteiger partial charge in [0, 0.05) is 19.4 Å². The molecule has 2 unspecified atom stereocenters. The van der Waals surface area contributed by atoms with Gasteiger partial charge in [-0.2, -0.15) is 0 Å². The van der Waals surface area contributed by atoms with Gasteiger partial charge in [0.15, 0.2) is 6.10 Å². The van der Waals surface area contributed by atoms with E-state index in [1.54, 1.807) is 0 Å². The molecule has 0 rings (SSSR count). The third-order valence-electron chi connectivity index (χ3n) is 14.5. The van der Waals surface area contributed by atoms with Crippen molar-refractivity contribution in [3.05, 3.63) is 194 Å². The van der Waals surface area contributed by atoms with Crippen LogP contribution in [-0.4, -0.2) is 49.3 Å². The molecule has 0 aromatic rings. The Morgan fingerprint density at radius 2 is 0.571 bits per heavy atom. The highest BCUT2D eigenvalue weighted by Gasteiger charge is 2.26. The first kappa shape index (κ1) is 85.8. The number of hydrogen-bond donors (Lipinski definition) is 2. The van der Waals surface area contributed by atoms with Crippen LogP contribution in [0.3, 0.4) is 0 Å². The van der Waals surface area contributed by atoms with Crippen molar-refractivity contribution in [3.63, 3.8) is 0 Å². The number of rotatable bonds is 65. The quantitative estimate of drug-likeness (QED) is 0.0264. The predicted molar refractivity (Wildman–Crippen MR) is 394 cm³/mol. The third kappa shape index (κ3) is 73.8. The van der Waals surface area contributed by atoms with Crippen LogP contribution < -0.4 is 5.73 Å². The van der Waals surface area contributed by atoms with Crippen molar-refractivity contribution in [2.75, 3.05) is 26.4 Å². The first-order valence-corrected chi connectivity index (χ1v) is 37.4. The van der Waals surface area contributed by atoms with Crippen molar-refractivity contribution in [2.24, 2.45) is 5.73 Å². The van der Waals surface area contributed by atoms with Gasteiger partial charge in [-0.15, -0.1) is 0 Å². The molecule has 0 saturated heterocycles. The van der Waals surface area contributed by atoms with E-state index in [9.17, 15) is 19.0 Å². The molecule has 512 valence electrons. The Bertz CT molecular complexity index is 2200. The van der Waals surface area contributed by atoms with Gasteiger partial charge in [0.1, 0.15) is 6.61 Å². The second-order valence-electron chi connectivity index (χ2n) is 23.0. The maximum Gasteiger partial charge on any atom is 0.472 e. The lowest BCUT2D eigenvalue weighted by Crippen LogP contribution is -2.29. The van der Waals surface area contributed by atoms with E-state index < -0.39 is 32.5 Å². The normalized spacial score (nSPS) is 14.1. The smallest absolute Gasteiger partial charge is 0.462 e. The van der Waals surface area contributed by atoms with Gasteiger partial charge in [-0.1, -0.05) is 311 Å². The monoisotopic (exact) mass is 1280 g/mol. The summed E-state index contributed by atoms with van der Waals surface area (Å²) in [5.74, 6) is -0.851. The Morgan fingerprint density at radius 1 is 0.330 bits per heavy atom. The van der Waals surface area contributed by atoms with Crippen molar-refractivity contribution in [1.29, 1.82) is 0 Å². The summed E-state index contributed by atoms with van der Waals surface area (Å²) in [7, 11) is -4.41. The van der Waals surface area contributed by atoms with Crippen LogP contribution >= 0.6 is 7.82 Å². The highest BCUT2D eigenvalue weighted by atomic mass is 31.2. The number of esters is 2. The molecule has 0 spiro atoms. The zero-order valence-corrected chi connectivity index (χ0v) is 58.4. The molecule has 2 atom stereocenters. The Labute approximate surface area is 557 Å². The van der Waals surface area contributed by atoms with E-state index in [1.807, 2.05) is 0 Å². The third-order valence-corrected chi connectivity index (χ3v) is 15.5. The molecule has 0 aromatic carbocycles. The van der Waals surface area contributed by atoms with Gasteiger partial charge >= 0.3 is 19.8 Å². The minimum atomic E-state index is -4.41. The fourth-order valence-corrected chi connectivity index (χ4v) is 10.0. The molecule has 0 saturated carbocycles. The first-order valence-electron chi connectivity index (χ1n) is 35.9. The molecule has 0 aliphatic rings. The molecule has 10 heteroatoms. The van der Waals surface area contributed by atoms with E-state index in [-0.39, 0.29) is 32.6 Å². The fraction of sp³-hybridized carbons (Fsp3) is 0.580. The van der Waals surface area contributed by atoms with E-state index in [1.165, 1.54) is 77.0 Å². The number of unbranched alkanes of at least 4 members (excludes halogenated alkanes) is 20. The number of hydrogen-bond acceptors (Lipinski definition) is 8. The summed E-state index contributed by atoms with van der Waals surface area (Å²) in [6, 6.07) is 0. The maximum atomic E-state index is 12.8. The van der Waals surface area contributed by atoms with Crippen molar-refractivity contribution < 1.29 is 37.6 Å². The Balaban J connectivity index is 3.98. The van der Waals surface area contributed by atoms with Gasteiger partial charge in [0.2, 0.25) is 0 Å².